The molecule has 8 heteroatoms. The molecule has 1 aliphatic carbocycles. The fourth-order valence-corrected chi connectivity index (χ4v) is 5.29. The molecular formula is C33H32N4O4. The molecule has 1 N–H and O–H groups in total. The van der Waals surface area contributed by atoms with Crippen LogP contribution in [0.15, 0.2) is 86.9 Å². The number of aromatic amines is 1. The maximum atomic E-state index is 13.9. The van der Waals surface area contributed by atoms with Crippen LogP contribution in [-0.4, -0.2) is 25.8 Å². The Kier molecular flexibility index (Phi) is 7.37. The van der Waals surface area contributed by atoms with Gasteiger partial charge in [-0.2, -0.15) is 0 Å². The smallest absolute Gasteiger partial charge is 0.439 e. The lowest BCUT2D eigenvalue weighted by Gasteiger charge is -2.26. The van der Waals surface area contributed by atoms with Crippen LogP contribution in [0.4, 0.5) is 0 Å². The predicted molar refractivity (Wildman–Crippen MR) is 158 cm³/mol. The highest BCUT2D eigenvalue weighted by Gasteiger charge is 2.20. The Morgan fingerprint density at radius 3 is 2.34 bits per heavy atom. The van der Waals surface area contributed by atoms with Crippen LogP contribution in [-0.2, 0) is 12.8 Å². The zero-order valence-electron chi connectivity index (χ0n) is 23.2. The molecule has 2 heterocycles. The van der Waals surface area contributed by atoms with Gasteiger partial charge in [0.15, 0.2) is 5.82 Å². The number of nitrogens with one attached hydrogen (secondary N) is 1. The normalized spacial score (nSPS) is 13.2. The van der Waals surface area contributed by atoms with E-state index in [9.17, 15) is 9.59 Å². The minimum atomic E-state index is -0.594. The van der Waals surface area contributed by atoms with E-state index in [2.05, 4.69) is 17.1 Å². The Labute approximate surface area is 237 Å². The van der Waals surface area contributed by atoms with Crippen LogP contribution < -0.4 is 16.1 Å². The second-order valence-electron chi connectivity index (χ2n) is 10.5. The molecule has 0 saturated heterocycles. The molecule has 41 heavy (non-hydrogen) atoms. The second-order valence-corrected chi connectivity index (χ2v) is 10.5. The summed E-state index contributed by atoms with van der Waals surface area (Å²) in [5.41, 5.74) is 5.95. The van der Waals surface area contributed by atoms with Gasteiger partial charge in [-0.1, -0.05) is 67.0 Å². The molecule has 1 aliphatic rings. The van der Waals surface area contributed by atoms with Gasteiger partial charge in [-0.15, -0.1) is 0 Å². The average Bonchev–Trinajstić information content (AvgIpc) is 3.40. The van der Waals surface area contributed by atoms with Crippen molar-refractivity contribution in [1.82, 2.24) is 19.7 Å². The van der Waals surface area contributed by atoms with Crippen molar-refractivity contribution in [3.8, 4) is 34.0 Å². The SMILES string of the molecule is CCCc1nc(C)n(-c2ccc(OC3CCC3)cc2)c(=O)c1Cc1ccc(-c2ccccc2-c2noc(=O)[nH]2)cc1. The van der Waals surface area contributed by atoms with Crippen molar-refractivity contribution in [3.05, 3.63) is 116 Å². The third kappa shape index (κ3) is 5.50. The molecule has 0 bridgehead atoms. The first kappa shape index (κ1) is 26.5. The summed E-state index contributed by atoms with van der Waals surface area (Å²) in [4.78, 5) is 33.0. The van der Waals surface area contributed by atoms with Crippen molar-refractivity contribution in [2.45, 2.75) is 58.5 Å². The highest BCUT2D eigenvalue weighted by molar-refractivity contribution is 5.80. The number of H-pyrrole nitrogens is 1. The summed E-state index contributed by atoms with van der Waals surface area (Å²) in [7, 11) is 0. The van der Waals surface area contributed by atoms with Crippen molar-refractivity contribution >= 4 is 0 Å². The molecule has 0 unspecified atom stereocenters. The molecule has 208 valence electrons. The topological polar surface area (TPSA) is 103 Å². The van der Waals surface area contributed by atoms with Crippen LogP contribution in [0.3, 0.4) is 0 Å². The van der Waals surface area contributed by atoms with E-state index in [-0.39, 0.29) is 5.56 Å². The fourth-order valence-electron chi connectivity index (χ4n) is 5.29. The van der Waals surface area contributed by atoms with E-state index in [1.165, 1.54) is 6.42 Å². The van der Waals surface area contributed by atoms with E-state index in [0.29, 0.717) is 29.7 Å². The Hall–Kier alpha value is -4.72. The Morgan fingerprint density at radius 1 is 0.976 bits per heavy atom. The Morgan fingerprint density at radius 2 is 1.71 bits per heavy atom. The maximum Gasteiger partial charge on any atom is 0.439 e. The molecule has 2 aromatic heterocycles. The van der Waals surface area contributed by atoms with E-state index < -0.39 is 5.76 Å². The minimum absolute atomic E-state index is 0.0435. The van der Waals surface area contributed by atoms with Crippen molar-refractivity contribution < 1.29 is 9.26 Å². The Bertz CT molecular complexity index is 1780. The van der Waals surface area contributed by atoms with Crippen molar-refractivity contribution in [1.29, 1.82) is 0 Å². The highest BCUT2D eigenvalue weighted by atomic mass is 16.5. The summed E-state index contributed by atoms with van der Waals surface area (Å²) < 4.78 is 12.4. The molecule has 6 rings (SSSR count). The van der Waals surface area contributed by atoms with Crippen molar-refractivity contribution in [2.75, 3.05) is 0 Å². The maximum absolute atomic E-state index is 13.9. The van der Waals surface area contributed by atoms with Gasteiger partial charge in [-0.25, -0.2) is 9.78 Å². The molecule has 1 fully saturated rings. The van der Waals surface area contributed by atoms with Crippen molar-refractivity contribution in [2.24, 2.45) is 0 Å². The molecule has 0 spiro atoms. The van der Waals surface area contributed by atoms with Crippen LogP contribution in [0.1, 0.15) is 55.3 Å². The van der Waals surface area contributed by atoms with Gasteiger partial charge in [0.05, 0.1) is 17.5 Å². The number of rotatable bonds is 9. The number of nitrogens with zero attached hydrogens (tertiary/aromatic N) is 3. The first-order chi connectivity index (χ1) is 20.0. The van der Waals surface area contributed by atoms with Crippen LogP contribution in [0, 0.1) is 6.92 Å². The summed E-state index contributed by atoms with van der Waals surface area (Å²) in [6.45, 7) is 3.99. The monoisotopic (exact) mass is 548 g/mol. The minimum Gasteiger partial charge on any atom is -0.490 e. The third-order valence-electron chi connectivity index (χ3n) is 7.63. The molecule has 0 aliphatic heterocycles. The predicted octanol–water partition coefficient (Wildman–Crippen LogP) is 6.03. The summed E-state index contributed by atoms with van der Waals surface area (Å²) in [6, 6.07) is 23.5. The second kappa shape index (κ2) is 11.4. The van der Waals surface area contributed by atoms with E-state index in [0.717, 1.165) is 65.1 Å². The lowest BCUT2D eigenvalue weighted by atomic mass is 9.96. The van der Waals surface area contributed by atoms with E-state index in [4.69, 9.17) is 14.2 Å². The number of hydrogen-bond acceptors (Lipinski definition) is 6. The quantitative estimate of drug-likeness (QED) is 0.241. The van der Waals surface area contributed by atoms with Gasteiger partial charge in [-0.3, -0.25) is 18.9 Å². The third-order valence-corrected chi connectivity index (χ3v) is 7.63. The zero-order valence-corrected chi connectivity index (χ0v) is 23.2. The first-order valence-electron chi connectivity index (χ1n) is 14.1. The number of aryl methyl sites for hydroxylation is 2. The van der Waals surface area contributed by atoms with Gasteiger partial charge in [-0.05, 0) is 73.6 Å². The van der Waals surface area contributed by atoms with Crippen LogP contribution in [0.5, 0.6) is 5.75 Å². The van der Waals surface area contributed by atoms with Gasteiger partial charge in [0.1, 0.15) is 11.6 Å². The van der Waals surface area contributed by atoms with E-state index in [1.54, 1.807) is 4.57 Å². The summed E-state index contributed by atoms with van der Waals surface area (Å²) in [6.07, 6.45) is 5.83. The highest BCUT2D eigenvalue weighted by Crippen LogP contribution is 2.30. The van der Waals surface area contributed by atoms with Gasteiger partial charge < -0.3 is 4.74 Å². The number of hydrogen-bond donors (Lipinski definition) is 1. The van der Waals surface area contributed by atoms with E-state index in [1.807, 2.05) is 79.7 Å². The molecule has 0 amide bonds. The van der Waals surface area contributed by atoms with E-state index >= 15 is 0 Å². The summed E-state index contributed by atoms with van der Waals surface area (Å²) in [5.74, 6) is 1.29. The first-order valence-corrected chi connectivity index (χ1v) is 14.1. The lowest BCUT2D eigenvalue weighted by Crippen LogP contribution is -2.28. The van der Waals surface area contributed by atoms with Gasteiger partial charge >= 0.3 is 5.76 Å². The summed E-state index contributed by atoms with van der Waals surface area (Å²) >= 11 is 0. The van der Waals surface area contributed by atoms with Gasteiger partial charge in [0.2, 0.25) is 0 Å². The molecule has 3 aromatic carbocycles. The van der Waals surface area contributed by atoms with Crippen LogP contribution in [0.25, 0.3) is 28.2 Å². The largest absolute Gasteiger partial charge is 0.490 e. The van der Waals surface area contributed by atoms with Crippen molar-refractivity contribution in [3.63, 3.8) is 0 Å². The average molecular weight is 549 g/mol. The van der Waals surface area contributed by atoms with Gasteiger partial charge in [0, 0.05) is 17.5 Å². The molecular weight excluding hydrogens is 516 g/mol. The molecule has 5 aromatic rings. The lowest BCUT2D eigenvalue weighted by molar-refractivity contribution is 0.120. The number of ether oxygens (including phenoxy) is 1. The molecule has 8 nitrogen and oxygen atoms in total. The zero-order chi connectivity index (χ0) is 28.3. The fraction of sp³-hybridized carbons (Fsp3) is 0.273. The van der Waals surface area contributed by atoms with Crippen LogP contribution >= 0.6 is 0 Å². The van der Waals surface area contributed by atoms with Gasteiger partial charge in [0.25, 0.3) is 5.56 Å². The molecule has 0 atom stereocenters. The molecule has 0 radical (unpaired) electrons. The molecule has 1 saturated carbocycles. The van der Waals surface area contributed by atoms with Crippen LogP contribution in [0.2, 0.25) is 0 Å². The standard InChI is InChI=1S/C33H32N4O4/c1-3-7-30-29(32(38)37(21(2)34-30)24-16-18-26(19-17-24)40-25-8-6-9-25)20-22-12-14-23(15-13-22)27-10-4-5-11-28(27)31-35-33(39)41-36-31/h4-5,10-19,25H,3,6-9,20H2,1-2H3,(H,35,36,39). The number of benzene rings is 3. The Balaban J connectivity index is 1.31. The number of aromatic nitrogens is 4. The summed E-state index contributed by atoms with van der Waals surface area (Å²) in [5, 5.41) is 3.85.